The second-order valence-corrected chi connectivity index (χ2v) is 6.25. The van der Waals surface area contributed by atoms with Gasteiger partial charge in [-0.3, -0.25) is 4.79 Å². The topological polar surface area (TPSA) is 38.3 Å². The van der Waals surface area contributed by atoms with Crippen LogP contribution >= 0.6 is 0 Å². The monoisotopic (exact) mass is 311 g/mol. The van der Waals surface area contributed by atoms with Gasteiger partial charge in [0.25, 0.3) is 5.91 Å². The Morgan fingerprint density at radius 3 is 2.26 bits per heavy atom. The van der Waals surface area contributed by atoms with Crippen LogP contribution in [0.1, 0.15) is 39.5 Å². The summed E-state index contributed by atoms with van der Waals surface area (Å²) in [7, 11) is 0. The third-order valence-corrected chi connectivity index (χ3v) is 3.98. The fraction of sp³-hybridized carbons (Fsp3) is 0.350. The first-order chi connectivity index (χ1) is 10.9. The van der Waals surface area contributed by atoms with Gasteiger partial charge >= 0.3 is 0 Å². The van der Waals surface area contributed by atoms with Crippen LogP contribution in [0.2, 0.25) is 0 Å². The van der Waals surface area contributed by atoms with E-state index in [-0.39, 0.29) is 11.9 Å². The van der Waals surface area contributed by atoms with E-state index in [0.717, 1.165) is 22.4 Å². The lowest BCUT2D eigenvalue weighted by molar-refractivity contribution is 0.0926. The minimum atomic E-state index is -0.0650. The molecule has 2 rings (SSSR count). The predicted molar refractivity (Wildman–Crippen MR) is 94.3 cm³/mol. The summed E-state index contributed by atoms with van der Waals surface area (Å²) in [5.74, 6) is 0.768. The molecular weight excluding hydrogens is 286 g/mol. The minimum absolute atomic E-state index is 0.0504. The van der Waals surface area contributed by atoms with Crippen molar-refractivity contribution < 1.29 is 9.53 Å². The lowest BCUT2D eigenvalue weighted by Gasteiger charge is -2.17. The SMILES string of the molecule is Cc1ccc(OC[C@H](C)NC(=O)c2cc(C)c(C)cc2C)cc1. The lowest BCUT2D eigenvalue weighted by Crippen LogP contribution is -2.37. The van der Waals surface area contributed by atoms with Crippen LogP contribution in [0.15, 0.2) is 36.4 Å². The first kappa shape index (κ1) is 17.1. The fourth-order valence-corrected chi connectivity index (χ4v) is 2.40. The molecule has 0 spiro atoms. The normalized spacial score (nSPS) is 11.9. The molecule has 0 aliphatic heterocycles. The molecule has 0 radical (unpaired) electrons. The van der Waals surface area contributed by atoms with E-state index in [1.54, 1.807) is 0 Å². The van der Waals surface area contributed by atoms with Crippen molar-refractivity contribution in [3.05, 3.63) is 64.2 Å². The van der Waals surface area contributed by atoms with E-state index >= 15 is 0 Å². The highest BCUT2D eigenvalue weighted by Crippen LogP contribution is 2.16. The van der Waals surface area contributed by atoms with Crippen molar-refractivity contribution in [3.8, 4) is 5.75 Å². The summed E-state index contributed by atoms with van der Waals surface area (Å²) >= 11 is 0. The van der Waals surface area contributed by atoms with Crippen LogP contribution in [0.4, 0.5) is 0 Å². The molecule has 0 fully saturated rings. The summed E-state index contributed by atoms with van der Waals surface area (Å²) in [6, 6.07) is 11.8. The van der Waals surface area contributed by atoms with Crippen molar-refractivity contribution in [3.63, 3.8) is 0 Å². The van der Waals surface area contributed by atoms with E-state index in [4.69, 9.17) is 4.74 Å². The van der Waals surface area contributed by atoms with Gasteiger partial charge in [0.2, 0.25) is 0 Å². The maximum atomic E-state index is 12.4. The van der Waals surface area contributed by atoms with Crippen LogP contribution in [0.5, 0.6) is 5.75 Å². The molecule has 122 valence electrons. The summed E-state index contributed by atoms with van der Waals surface area (Å²) < 4.78 is 5.72. The van der Waals surface area contributed by atoms with Crippen molar-refractivity contribution in [1.82, 2.24) is 5.32 Å². The first-order valence-electron chi connectivity index (χ1n) is 7.95. The van der Waals surface area contributed by atoms with Gasteiger partial charge in [-0.15, -0.1) is 0 Å². The van der Waals surface area contributed by atoms with Crippen LogP contribution in [0.3, 0.4) is 0 Å². The highest BCUT2D eigenvalue weighted by atomic mass is 16.5. The second kappa shape index (κ2) is 7.32. The maximum absolute atomic E-state index is 12.4. The number of ether oxygens (including phenoxy) is 1. The van der Waals surface area contributed by atoms with Gasteiger partial charge in [-0.25, -0.2) is 0 Å². The standard InChI is InChI=1S/C20H25NO2/c1-13-6-8-18(9-7-13)23-12-17(5)21-20(22)19-11-15(3)14(2)10-16(19)4/h6-11,17H,12H2,1-5H3,(H,21,22)/t17-/m0/s1. The molecule has 0 saturated carbocycles. The zero-order valence-corrected chi connectivity index (χ0v) is 14.6. The van der Waals surface area contributed by atoms with Crippen LogP contribution in [0.25, 0.3) is 0 Å². The number of amides is 1. The van der Waals surface area contributed by atoms with Crippen LogP contribution in [-0.2, 0) is 0 Å². The summed E-state index contributed by atoms with van der Waals surface area (Å²) in [5.41, 5.74) is 5.26. The molecular formula is C20H25NO2. The Kier molecular flexibility index (Phi) is 5.43. The Hall–Kier alpha value is -2.29. The molecule has 0 aromatic heterocycles. The zero-order chi connectivity index (χ0) is 17.0. The van der Waals surface area contributed by atoms with Crippen molar-refractivity contribution >= 4 is 5.91 Å². The summed E-state index contributed by atoms with van der Waals surface area (Å²) in [6.07, 6.45) is 0. The second-order valence-electron chi connectivity index (χ2n) is 6.25. The molecule has 1 amide bonds. The number of rotatable bonds is 5. The van der Waals surface area contributed by atoms with Crippen molar-refractivity contribution in [2.24, 2.45) is 0 Å². The lowest BCUT2D eigenvalue weighted by atomic mass is 10.0. The average Bonchev–Trinajstić information content (AvgIpc) is 2.50. The molecule has 1 atom stereocenters. The molecule has 3 nitrogen and oxygen atoms in total. The largest absolute Gasteiger partial charge is 0.491 e. The van der Waals surface area contributed by atoms with Gasteiger partial charge in [0.15, 0.2) is 0 Å². The molecule has 0 bridgehead atoms. The van der Waals surface area contributed by atoms with Gasteiger partial charge in [-0.05, 0) is 69.5 Å². The maximum Gasteiger partial charge on any atom is 0.251 e. The molecule has 0 aliphatic carbocycles. The van der Waals surface area contributed by atoms with Crippen molar-refractivity contribution in [1.29, 1.82) is 0 Å². The van der Waals surface area contributed by atoms with E-state index in [1.807, 2.05) is 58.0 Å². The first-order valence-corrected chi connectivity index (χ1v) is 7.95. The number of nitrogens with one attached hydrogen (secondary N) is 1. The Bertz CT molecular complexity index is 690. The van der Waals surface area contributed by atoms with E-state index in [9.17, 15) is 4.79 Å². The molecule has 0 unspecified atom stereocenters. The molecule has 2 aromatic rings. The fourth-order valence-electron chi connectivity index (χ4n) is 2.40. The summed E-state index contributed by atoms with van der Waals surface area (Å²) in [4.78, 5) is 12.4. The molecule has 2 aromatic carbocycles. The van der Waals surface area contributed by atoms with Crippen LogP contribution in [-0.4, -0.2) is 18.6 Å². The number of hydrogen-bond acceptors (Lipinski definition) is 2. The number of hydrogen-bond donors (Lipinski definition) is 1. The van der Waals surface area contributed by atoms with Crippen LogP contribution in [0, 0.1) is 27.7 Å². The predicted octanol–water partition coefficient (Wildman–Crippen LogP) is 4.12. The Morgan fingerprint density at radius 2 is 1.61 bits per heavy atom. The number of benzene rings is 2. The Morgan fingerprint density at radius 1 is 1.00 bits per heavy atom. The number of carbonyl (C=O) groups excluding carboxylic acids is 1. The zero-order valence-electron chi connectivity index (χ0n) is 14.6. The number of carbonyl (C=O) groups is 1. The van der Waals surface area contributed by atoms with Crippen molar-refractivity contribution in [2.45, 2.75) is 40.7 Å². The third kappa shape index (κ3) is 4.59. The molecule has 0 aliphatic rings. The third-order valence-electron chi connectivity index (χ3n) is 3.98. The molecule has 23 heavy (non-hydrogen) atoms. The number of aryl methyl sites for hydroxylation is 4. The van der Waals surface area contributed by atoms with E-state index < -0.39 is 0 Å². The highest BCUT2D eigenvalue weighted by molar-refractivity contribution is 5.96. The Balaban J connectivity index is 1.94. The smallest absolute Gasteiger partial charge is 0.251 e. The van der Waals surface area contributed by atoms with Gasteiger partial charge in [0.1, 0.15) is 12.4 Å². The molecule has 0 heterocycles. The molecule has 1 N–H and O–H groups in total. The van der Waals surface area contributed by atoms with Crippen molar-refractivity contribution in [2.75, 3.05) is 6.61 Å². The summed E-state index contributed by atoms with van der Waals surface area (Å²) in [6.45, 7) is 10.5. The molecule has 0 saturated heterocycles. The quantitative estimate of drug-likeness (QED) is 0.902. The van der Waals surface area contributed by atoms with Gasteiger partial charge < -0.3 is 10.1 Å². The minimum Gasteiger partial charge on any atom is -0.491 e. The van der Waals surface area contributed by atoms with E-state index in [0.29, 0.717) is 6.61 Å². The Labute approximate surface area is 138 Å². The van der Waals surface area contributed by atoms with Gasteiger partial charge in [-0.2, -0.15) is 0 Å². The van der Waals surface area contributed by atoms with E-state index in [2.05, 4.69) is 18.3 Å². The van der Waals surface area contributed by atoms with E-state index in [1.165, 1.54) is 11.1 Å². The van der Waals surface area contributed by atoms with Gasteiger partial charge in [0.05, 0.1) is 6.04 Å². The van der Waals surface area contributed by atoms with Crippen LogP contribution < -0.4 is 10.1 Å². The highest BCUT2D eigenvalue weighted by Gasteiger charge is 2.13. The van der Waals surface area contributed by atoms with Gasteiger partial charge in [0, 0.05) is 5.56 Å². The molecule has 3 heteroatoms. The summed E-state index contributed by atoms with van der Waals surface area (Å²) in [5, 5.41) is 3.00. The average molecular weight is 311 g/mol. The van der Waals surface area contributed by atoms with Gasteiger partial charge in [-0.1, -0.05) is 23.8 Å².